The Hall–Kier alpha value is -1.86. The molecule has 140 valence electrons. The molecule has 0 unspecified atom stereocenters. The predicted molar refractivity (Wildman–Crippen MR) is 104 cm³/mol. The maximum Gasteiger partial charge on any atom is 0.151 e. The summed E-state index contributed by atoms with van der Waals surface area (Å²) in [5.41, 5.74) is 5.07. The van der Waals surface area contributed by atoms with Gasteiger partial charge in [0, 0.05) is 43.5 Å². The molecule has 1 fully saturated rings. The van der Waals surface area contributed by atoms with E-state index in [1.165, 1.54) is 16.8 Å². The lowest BCUT2D eigenvalue weighted by atomic mass is 10.1. The van der Waals surface area contributed by atoms with E-state index >= 15 is 0 Å². The Morgan fingerprint density at radius 2 is 2.23 bits per heavy atom. The highest BCUT2D eigenvalue weighted by atomic mass is 32.2. The molecule has 7 heteroatoms. The fourth-order valence-corrected chi connectivity index (χ4v) is 5.75. The number of sulfone groups is 1. The van der Waals surface area contributed by atoms with E-state index in [0.29, 0.717) is 5.75 Å². The van der Waals surface area contributed by atoms with Crippen molar-refractivity contribution in [2.24, 2.45) is 0 Å². The molecule has 0 aliphatic carbocycles. The molecule has 2 aliphatic rings. The van der Waals surface area contributed by atoms with Gasteiger partial charge in [0.25, 0.3) is 0 Å². The summed E-state index contributed by atoms with van der Waals surface area (Å²) in [7, 11) is -2.83. The van der Waals surface area contributed by atoms with E-state index in [9.17, 15) is 8.42 Å². The Kier molecular flexibility index (Phi) is 4.75. The Balaban J connectivity index is 1.43. The Morgan fingerprint density at radius 1 is 1.35 bits per heavy atom. The first-order valence-corrected chi connectivity index (χ1v) is 11.2. The summed E-state index contributed by atoms with van der Waals surface area (Å²) in [6.07, 6.45) is 5.59. The normalized spacial score (nSPS) is 21.3. The fraction of sp³-hybridized carbons (Fsp3) is 0.526. The molecule has 26 heavy (non-hydrogen) atoms. The van der Waals surface area contributed by atoms with Crippen molar-refractivity contribution in [1.82, 2.24) is 14.9 Å². The number of hydrogen-bond acceptors (Lipinski definition) is 5. The summed E-state index contributed by atoms with van der Waals surface area (Å²) in [5, 5.41) is 3.37. The number of rotatable bonds is 6. The number of nitrogens with zero attached hydrogens (tertiary/aromatic N) is 3. The highest BCUT2D eigenvalue weighted by Gasteiger charge is 2.27. The summed E-state index contributed by atoms with van der Waals surface area (Å²) in [6.45, 7) is 5.87. The molecule has 4 rings (SSSR count). The number of imidazole rings is 1. The molecule has 1 N–H and O–H groups in total. The topological polar surface area (TPSA) is 67.2 Å². The van der Waals surface area contributed by atoms with Crippen molar-refractivity contribution in [3.8, 4) is 11.3 Å². The molecule has 0 spiro atoms. The maximum absolute atomic E-state index is 11.6. The van der Waals surface area contributed by atoms with Crippen molar-refractivity contribution in [2.45, 2.75) is 32.4 Å². The summed E-state index contributed by atoms with van der Waals surface area (Å²) in [6, 6.07) is 6.78. The SMILES string of the molecule is CCN1CCc2cc(-c3cncn3CCN[C@@H]3CCS(=O)(=O)C3)ccc21. The van der Waals surface area contributed by atoms with Gasteiger partial charge in [-0.2, -0.15) is 0 Å². The quantitative estimate of drug-likeness (QED) is 0.834. The summed E-state index contributed by atoms with van der Waals surface area (Å²) < 4.78 is 25.2. The number of likely N-dealkylation sites (N-methyl/N-ethyl adjacent to an activating group) is 1. The van der Waals surface area contributed by atoms with Crippen LogP contribution in [0.15, 0.2) is 30.7 Å². The van der Waals surface area contributed by atoms with Gasteiger partial charge < -0.3 is 14.8 Å². The highest BCUT2D eigenvalue weighted by Crippen LogP contribution is 2.32. The van der Waals surface area contributed by atoms with Crippen LogP contribution in [0.3, 0.4) is 0 Å². The van der Waals surface area contributed by atoms with Gasteiger partial charge in [-0.05, 0) is 37.5 Å². The van der Waals surface area contributed by atoms with Gasteiger partial charge in [0.15, 0.2) is 9.84 Å². The highest BCUT2D eigenvalue weighted by molar-refractivity contribution is 7.91. The van der Waals surface area contributed by atoms with E-state index in [1.54, 1.807) is 0 Å². The number of anilines is 1. The molecule has 2 aromatic rings. The van der Waals surface area contributed by atoms with Crippen LogP contribution in [0.1, 0.15) is 18.9 Å². The minimum absolute atomic E-state index is 0.0898. The lowest BCUT2D eigenvalue weighted by molar-refractivity contribution is 0.521. The van der Waals surface area contributed by atoms with E-state index in [-0.39, 0.29) is 11.8 Å². The van der Waals surface area contributed by atoms with Gasteiger partial charge >= 0.3 is 0 Å². The zero-order valence-corrected chi connectivity index (χ0v) is 16.0. The minimum Gasteiger partial charge on any atom is -0.371 e. The van der Waals surface area contributed by atoms with Crippen LogP contribution in [0, 0.1) is 0 Å². The summed E-state index contributed by atoms with van der Waals surface area (Å²) in [4.78, 5) is 6.74. The van der Waals surface area contributed by atoms with Gasteiger partial charge in [0.2, 0.25) is 0 Å². The third-order valence-electron chi connectivity index (χ3n) is 5.48. The van der Waals surface area contributed by atoms with Crippen LogP contribution in [-0.4, -0.2) is 55.2 Å². The van der Waals surface area contributed by atoms with Crippen LogP contribution in [0.25, 0.3) is 11.3 Å². The smallest absolute Gasteiger partial charge is 0.151 e. The second-order valence-corrected chi connectivity index (χ2v) is 9.43. The van der Waals surface area contributed by atoms with Gasteiger partial charge in [-0.3, -0.25) is 0 Å². The van der Waals surface area contributed by atoms with Crippen LogP contribution >= 0.6 is 0 Å². The number of aromatic nitrogens is 2. The molecule has 0 bridgehead atoms. The first-order chi connectivity index (χ1) is 12.6. The van der Waals surface area contributed by atoms with Crippen LogP contribution in [0.2, 0.25) is 0 Å². The van der Waals surface area contributed by atoms with Gasteiger partial charge in [0.05, 0.1) is 29.7 Å². The number of nitrogens with one attached hydrogen (secondary N) is 1. The maximum atomic E-state index is 11.6. The Morgan fingerprint density at radius 3 is 3.00 bits per heavy atom. The third kappa shape index (κ3) is 3.50. The van der Waals surface area contributed by atoms with Crippen LogP contribution in [-0.2, 0) is 22.8 Å². The Labute approximate surface area is 155 Å². The first-order valence-electron chi connectivity index (χ1n) is 9.38. The van der Waals surface area contributed by atoms with Crippen LogP contribution in [0.4, 0.5) is 5.69 Å². The standard InChI is InChI=1S/C19H26N4O2S/c1-2-22-8-5-16-11-15(3-4-18(16)22)19-12-20-14-23(19)9-7-21-17-6-10-26(24,25)13-17/h3-4,11-12,14,17,21H,2,5-10,13H2,1H3/t17-/m1/s1. The molecule has 1 aromatic heterocycles. The van der Waals surface area contributed by atoms with E-state index in [4.69, 9.17) is 0 Å². The molecule has 6 nitrogen and oxygen atoms in total. The zero-order valence-electron chi connectivity index (χ0n) is 15.2. The second-order valence-electron chi connectivity index (χ2n) is 7.20. The van der Waals surface area contributed by atoms with Gasteiger partial charge in [-0.1, -0.05) is 6.07 Å². The van der Waals surface area contributed by atoms with E-state index < -0.39 is 9.84 Å². The summed E-state index contributed by atoms with van der Waals surface area (Å²) in [5.74, 6) is 0.577. The van der Waals surface area contributed by atoms with Crippen molar-refractivity contribution in [3.05, 3.63) is 36.3 Å². The number of fused-ring (bicyclic) bond motifs is 1. The molecule has 2 aliphatic heterocycles. The molecule has 1 saturated heterocycles. The van der Waals surface area contributed by atoms with E-state index in [0.717, 1.165) is 44.7 Å². The van der Waals surface area contributed by atoms with Crippen molar-refractivity contribution >= 4 is 15.5 Å². The monoisotopic (exact) mass is 374 g/mol. The predicted octanol–water partition coefficient (Wildman–Crippen LogP) is 1.71. The molecule has 0 radical (unpaired) electrons. The summed E-state index contributed by atoms with van der Waals surface area (Å²) >= 11 is 0. The molecule has 1 atom stereocenters. The Bertz CT molecular complexity index is 891. The molecule has 0 amide bonds. The van der Waals surface area contributed by atoms with E-state index in [1.807, 2.05) is 12.5 Å². The van der Waals surface area contributed by atoms with Crippen molar-refractivity contribution < 1.29 is 8.42 Å². The van der Waals surface area contributed by atoms with Crippen LogP contribution in [0.5, 0.6) is 0 Å². The van der Waals surface area contributed by atoms with Gasteiger partial charge in [0.1, 0.15) is 0 Å². The largest absolute Gasteiger partial charge is 0.371 e. The van der Waals surface area contributed by atoms with Crippen molar-refractivity contribution in [2.75, 3.05) is 36.0 Å². The van der Waals surface area contributed by atoms with Crippen LogP contribution < -0.4 is 10.2 Å². The fourth-order valence-electron chi connectivity index (χ4n) is 4.04. The molecule has 0 saturated carbocycles. The first kappa shape index (κ1) is 17.5. The third-order valence-corrected chi connectivity index (χ3v) is 7.25. The van der Waals surface area contributed by atoms with Gasteiger partial charge in [-0.25, -0.2) is 13.4 Å². The average Bonchev–Trinajstić information content (AvgIpc) is 3.32. The second kappa shape index (κ2) is 7.04. The van der Waals surface area contributed by atoms with Gasteiger partial charge in [-0.15, -0.1) is 0 Å². The zero-order chi connectivity index (χ0) is 18.1. The van der Waals surface area contributed by atoms with Crippen molar-refractivity contribution in [1.29, 1.82) is 0 Å². The lowest BCUT2D eigenvalue weighted by Crippen LogP contribution is -2.32. The molecule has 1 aromatic carbocycles. The lowest BCUT2D eigenvalue weighted by Gasteiger charge is -2.17. The minimum atomic E-state index is -2.83. The molecular weight excluding hydrogens is 348 g/mol. The number of hydrogen-bond donors (Lipinski definition) is 1. The number of benzene rings is 1. The van der Waals surface area contributed by atoms with Crippen molar-refractivity contribution in [3.63, 3.8) is 0 Å². The molecule has 3 heterocycles. The average molecular weight is 375 g/mol. The van der Waals surface area contributed by atoms with E-state index in [2.05, 4.69) is 44.9 Å². The molecular formula is C19H26N4O2S.